The molecule has 2 N–H and O–H groups in total. The van der Waals surface area contributed by atoms with Crippen LogP contribution in [-0.4, -0.2) is 29.0 Å². The van der Waals surface area contributed by atoms with E-state index in [2.05, 4.69) is 0 Å². The van der Waals surface area contributed by atoms with Crippen molar-refractivity contribution in [1.29, 1.82) is 0 Å². The Balaban J connectivity index is 2.05. The van der Waals surface area contributed by atoms with Gasteiger partial charge < -0.3 is 14.9 Å². The van der Waals surface area contributed by atoms with Crippen LogP contribution < -0.4 is 9.64 Å². The molecule has 1 saturated heterocycles. The van der Waals surface area contributed by atoms with Crippen molar-refractivity contribution in [2.24, 2.45) is 0 Å². The van der Waals surface area contributed by atoms with Crippen molar-refractivity contribution in [3.8, 4) is 11.5 Å². The number of aliphatic hydroxyl groups excluding tert-OH is 1. The van der Waals surface area contributed by atoms with E-state index in [9.17, 15) is 19.8 Å². The minimum absolute atomic E-state index is 0.0460. The van der Waals surface area contributed by atoms with E-state index < -0.39 is 23.5 Å². The molecule has 1 amide bonds. The van der Waals surface area contributed by atoms with Crippen molar-refractivity contribution >= 4 is 46.3 Å². The maximum absolute atomic E-state index is 13.4. The Kier molecular flexibility index (Phi) is 6.54. The van der Waals surface area contributed by atoms with Gasteiger partial charge in [-0.3, -0.25) is 14.5 Å². The lowest BCUT2D eigenvalue weighted by molar-refractivity contribution is -0.132. The molecule has 6 nitrogen and oxygen atoms in total. The summed E-state index contributed by atoms with van der Waals surface area (Å²) in [6.07, 6.45) is 0. The molecule has 0 radical (unpaired) electrons. The molecule has 1 unspecified atom stereocenters. The Morgan fingerprint density at radius 3 is 2.14 bits per heavy atom. The average molecular weight is 512 g/mol. The number of benzene rings is 3. The number of nitrogens with zero attached hydrogens (tertiary/aromatic N) is 1. The highest BCUT2D eigenvalue weighted by molar-refractivity contribution is 6.52. The third-order valence-electron chi connectivity index (χ3n) is 5.86. The van der Waals surface area contributed by atoms with Crippen LogP contribution in [0.15, 0.2) is 54.1 Å². The Morgan fingerprint density at radius 2 is 1.54 bits per heavy atom. The van der Waals surface area contributed by atoms with Crippen molar-refractivity contribution in [1.82, 2.24) is 0 Å². The minimum atomic E-state index is -1.02. The summed E-state index contributed by atoms with van der Waals surface area (Å²) in [6.45, 7) is 5.56. The summed E-state index contributed by atoms with van der Waals surface area (Å²) in [5.74, 6) is -2.06. The van der Waals surface area contributed by atoms with Crippen molar-refractivity contribution < 1.29 is 24.5 Å². The second-order valence-electron chi connectivity index (χ2n) is 8.55. The summed E-state index contributed by atoms with van der Waals surface area (Å²) in [5, 5.41) is 21.7. The number of ether oxygens (including phenoxy) is 1. The number of halogens is 2. The number of aryl methyl sites for hydroxylation is 3. The van der Waals surface area contributed by atoms with Crippen LogP contribution in [-0.2, 0) is 9.59 Å². The fourth-order valence-corrected chi connectivity index (χ4v) is 4.99. The third kappa shape index (κ3) is 4.35. The molecule has 1 aliphatic heterocycles. The van der Waals surface area contributed by atoms with Crippen molar-refractivity contribution in [2.45, 2.75) is 26.8 Å². The van der Waals surface area contributed by atoms with Gasteiger partial charge in [-0.25, -0.2) is 0 Å². The zero-order valence-corrected chi connectivity index (χ0v) is 21.0. The van der Waals surface area contributed by atoms with Gasteiger partial charge in [-0.1, -0.05) is 35.3 Å². The molecule has 0 saturated carbocycles. The fourth-order valence-electron chi connectivity index (χ4n) is 4.45. The van der Waals surface area contributed by atoms with Crippen LogP contribution in [0.1, 0.15) is 33.9 Å². The maximum atomic E-state index is 13.4. The topological polar surface area (TPSA) is 87.1 Å². The molecule has 0 aliphatic carbocycles. The van der Waals surface area contributed by atoms with Gasteiger partial charge in [0.1, 0.15) is 17.3 Å². The number of hydrogen-bond acceptors (Lipinski definition) is 5. The zero-order chi connectivity index (χ0) is 25.6. The summed E-state index contributed by atoms with van der Waals surface area (Å²) in [7, 11) is 1.40. The number of methoxy groups -OCH3 is 1. The van der Waals surface area contributed by atoms with Crippen LogP contribution in [0.3, 0.4) is 0 Å². The summed E-state index contributed by atoms with van der Waals surface area (Å²) in [6, 6.07) is 12.2. The van der Waals surface area contributed by atoms with E-state index in [1.54, 1.807) is 37.3 Å². The van der Waals surface area contributed by atoms with Crippen LogP contribution in [0, 0.1) is 20.8 Å². The van der Waals surface area contributed by atoms with Crippen LogP contribution in [0.2, 0.25) is 10.0 Å². The standard InChI is InChI=1S/C27H23Cl2NO5/c1-13-7-14(2)9-17(8-13)30-23(16-5-6-21(31)19(28)12-16)22(25(33)27(30)34)24(32)18-10-15(3)11-20(29)26(18)35-4/h5-12,23,31-32H,1-4H3/b24-22+. The molecule has 1 aliphatic rings. The number of anilines is 1. The van der Waals surface area contributed by atoms with Crippen molar-refractivity contribution in [3.63, 3.8) is 0 Å². The summed E-state index contributed by atoms with van der Waals surface area (Å²) in [5.41, 5.74) is 3.50. The molecule has 3 aromatic rings. The summed E-state index contributed by atoms with van der Waals surface area (Å²) in [4.78, 5) is 28.1. The number of phenols is 1. The molecular formula is C27H23Cl2NO5. The Hall–Kier alpha value is -3.48. The quantitative estimate of drug-likeness (QED) is 0.245. The van der Waals surface area contributed by atoms with E-state index in [1.807, 2.05) is 19.9 Å². The Morgan fingerprint density at radius 1 is 0.914 bits per heavy atom. The second kappa shape index (κ2) is 9.29. The van der Waals surface area contributed by atoms with E-state index in [1.165, 1.54) is 24.1 Å². The monoisotopic (exact) mass is 511 g/mol. The number of phenolic OH excluding ortho intramolecular Hbond substituents is 1. The molecular weight excluding hydrogens is 489 g/mol. The van der Waals surface area contributed by atoms with E-state index in [4.69, 9.17) is 27.9 Å². The summed E-state index contributed by atoms with van der Waals surface area (Å²) < 4.78 is 5.40. The van der Waals surface area contributed by atoms with E-state index in [0.29, 0.717) is 11.3 Å². The minimum Gasteiger partial charge on any atom is -0.507 e. The number of rotatable bonds is 4. The number of aromatic hydroxyl groups is 1. The number of carbonyl (C=O) groups is 2. The van der Waals surface area contributed by atoms with Gasteiger partial charge in [-0.05, 0) is 79.4 Å². The molecule has 3 aromatic carbocycles. The molecule has 0 aromatic heterocycles. The third-order valence-corrected chi connectivity index (χ3v) is 6.45. The van der Waals surface area contributed by atoms with Crippen LogP contribution in [0.5, 0.6) is 11.5 Å². The maximum Gasteiger partial charge on any atom is 0.300 e. The lowest BCUT2D eigenvalue weighted by atomic mass is 9.94. The average Bonchev–Trinajstić information content (AvgIpc) is 3.04. The highest BCUT2D eigenvalue weighted by Crippen LogP contribution is 2.45. The van der Waals surface area contributed by atoms with Gasteiger partial charge in [-0.15, -0.1) is 0 Å². The first-order chi connectivity index (χ1) is 16.5. The van der Waals surface area contributed by atoms with Crippen LogP contribution >= 0.6 is 23.2 Å². The van der Waals surface area contributed by atoms with Crippen molar-refractivity contribution in [3.05, 3.63) is 92.0 Å². The first kappa shape index (κ1) is 24.6. The molecule has 1 heterocycles. The predicted octanol–water partition coefficient (Wildman–Crippen LogP) is 6.26. The predicted molar refractivity (Wildman–Crippen MR) is 137 cm³/mol. The summed E-state index contributed by atoms with van der Waals surface area (Å²) >= 11 is 12.5. The first-order valence-corrected chi connectivity index (χ1v) is 11.5. The second-order valence-corrected chi connectivity index (χ2v) is 9.37. The largest absolute Gasteiger partial charge is 0.507 e. The lowest BCUT2D eigenvalue weighted by Crippen LogP contribution is -2.29. The number of amides is 1. The molecule has 8 heteroatoms. The zero-order valence-electron chi connectivity index (χ0n) is 19.5. The van der Waals surface area contributed by atoms with Gasteiger partial charge in [0.2, 0.25) is 0 Å². The first-order valence-electron chi connectivity index (χ1n) is 10.8. The molecule has 35 heavy (non-hydrogen) atoms. The molecule has 1 atom stereocenters. The number of ketones is 1. The van der Waals surface area contributed by atoms with Gasteiger partial charge in [0, 0.05) is 5.69 Å². The highest BCUT2D eigenvalue weighted by Gasteiger charge is 2.47. The fraction of sp³-hybridized carbons (Fsp3) is 0.185. The van der Waals surface area contributed by atoms with E-state index >= 15 is 0 Å². The highest BCUT2D eigenvalue weighted by atomic mass is 35.5. The molecule has 4 rings (SSSR count). The number of Topliss-reactive ketones (excluding diaryl/α,β-unsaturated/α-hetero) is 1. The van der Waals surface area contributed by atoms with Gasteiger partial charge in [0.15, 0.2) is 0 Å². The molecule has 0 bridgehead atoms. The van der Waals surface area contributed by atoms with Crippen LogP contribution in [0.25, 0.3) is 5.76 Å². The molecule has 0 spiro atoms. The van der Waals surface area contributed by atoms with Gasteiger partial charge in [0.05, 0.1) is 34.3 Å². The Bertz CT molecular complexity index is 1390. The SMILES string of the molecule is COc1c(Cl)cc(C)cc1/C(O)=C1\C(=O)C(=O)N(c2cc(C)cc(C)c2)C1c1ccc(O)c(Cl)c1. The normalized spacial score (nSPS) is 17.2. The molecule has 1 fully saturated rings. The Labute approximate surface area is 213 Å². The number of aliphatic hydroxyl groups is 1. The van der Waals surface area contributed by atoms with Crippen molar-refractivity contribution in [2.75, 3.05) is 12.0 Å². The van der Waals surface area contributed by atoms with Gasteiger partial charge in [0.25, 0.3) is 11.7 Å². The van der Waals surface area contributed by atoms with Crippen LogP contribution in [0.4, 0.5) is 5.69 Å². The molecule has 180 valence electrons. The lowest BCUT2D eigenvalue weighted by Gasteiger charge is -2.26. The van der Waals surface area contributed by atoms with Gasteiger partial charge in [-0.2, -0.15) is 0 Å². The van der Waals surface area contributed by atoms with E-state index in [-0.39, 0.29) is 32.7 Å². The number of hydrogen-bond donors (Lipinski definition) is 2. The smallest absolute Gasteiger partial charge is 0.300 e. The van der Waals surface area contributed by atoms with Gasteiger partial charge >= 0.3 is 0 Å². The van der Waals surface area contributed by atoms with E-state index in [0.717, 1.165) is 16.7 Å². The number of carbonyl (C=O) groups excluding carboxylic acids is 2.